The summed E-state index contributed by atoms with van der Waals surface area (Å²) in [7, 11) is -3.84. The zero-order chi connectivity index (χ0) is 20.9. The van der Waals surface area contributed by atoms with Crippen LogP contribution in [0.1, 0.15) is 48.8 Å². The summed E-state index contributed by atoms with van der Waals surface area (Å²) in [6, 6.07) is 4.71. The van der Waals surface area contributed by atoms with Crippen LogP contribution in [-0.4, -0.2) is 48.0 Å². The zero-order valence-corrected chi connectivity index (χ0v) is 17.7. The van der Waals surface area contributed by atoms with Gasteiger partial charge in [-0.2, -0.15) is 4.31 Å². The van der Waals surface area contributed by atoms with Crippen molar-refractivity contribution in [3.63, 3.8) is 0 Å². The van der Waals surface area contributed by atoms with E-state index in [1.165, 1.54) is 18.2 Å². The lowest BCUT2D eigenvalue weighted by Crippen LogP contribution is -2.42. The van der Waals surface area contributed by atoms with E-state index in [0.717, 1.165) is 43.2 Å². The summed E-state index contributed by atoms with van der Waals surface area (Å²) in [4.78, 5) is 9.23. The number of benzene rings is 1. The molecule has 3 aliphatic rings. The van der Waals surface area contributed by atoms with Crippen LogP contribution < -0.4 is 5.32 Å². The van der Waals surface area contributed by atoms with Crippen LogP contribution in [0.15, 0.2) is 29.2 Å². The Balaban J connectivity index is 1.51. The molecule has 3 aliphatic heterocycles. The molecule has 30 heavy (non-hydrogen) atoms. The average molecular weight is 433 g/mol. The Hall–Kier alpha value is -2.10. The summed E-state index contributed by atoms with van der Waals surface area (Å²) >= 11 is 0. The molecule has 2 saturated heterocycles. The van der Waals surface area contributed by atoms with Crippen LogP contribution >= 0.6 is 0 Å². The van der Waals surface area contributed by atoms with Crippen LogP contribution in [0.25, 0.3) is 0 Å². The molecule has 2 bridgehead atoms. The van der Waals surface area contributed by atoms with Crippen molar-refractivity contribution in [2.24, 2.45) is 0 Å². The lowest BCUT2D eigenvalue weighted by Gasteiger charge is -2.35. The Kier molecular flexibility index (Phi) is 4.99. The summed E-state index contributed by atoms with van der Waals surface area (Å²) in [5.74, 6) is 0.806. The summed E-state index contributed by atoms with van der Waals surface area (Å²) in [6.07, 6.45) is 4.19. The highest BCUT2D eigenvalue weighted by Gasteiger charge is 2.48. The number of nitrogens with zero attached hydrogens (tertiary/aromatic N) is 3. The molecule has 2 aromatic rings. The molecule has 0 radical (unpaired) electrons. The van der Waals surface area contributed by atoms with Crippen molar-refractivity contribution in [2.45, 2.75) is 62.1 Å². The standard InChI is InChI=1S/C21H25FN4O3S/c1-13-24-18-11-15-7-8-19(20(18)21(25-13)23-12-16-5-3-9-29-16)26(15)30(27,28)17-6-2-4-14(22)10-17/h2,4,6,10,15-16,19H,3,5,7-9,11-12H2,1H3,(H,23,24,25)/t15-,16-,19+/m0/s1. The molecule has 7 nitrogen and oxygen atoms in total. The van der Waals surface area contributed by atoms with Gasteiger partial charge >= 0.3 is 0 Å². The first-order chi connectivity index (χ1) is 14.4. The van der Waals surface area contributed by atoms with Gasteiger partial charge in [-0.25, -0.2) is 22.8 Å². The van der Waals surface area contributed by atoms with Gasteiger partial charge in [-0.05, 0) is 50.8 Å². The smallest absolute Gasteiger partial charge is 0.244 e. The van der Waals surface area contributed by atoms with Gasteiger partial charge in [0.25, 0.3) is 0 Å². The van der Waals surface area contributed by atoms with E-state index in [1.807, 2.05) is 6.92 Å². The first-order valence-electron chi connectivity index (χ1n) is 10.5. The Morgan fingerprint density at radius 3 is 2.90 bits per heavy atom. The number of hydrogen-bond acceptors (Lipinski definition) is 6. The summed E-state index contributed by atoms with van der Waals surface area (Å²) in [5, 5.41) is 3.40. The van der Waals surface area contributed by atoms with Crippen LogP contribution in [0.2, 0.25) is 0 Å². The molecule has 0 aliphatic carbocycles. The third-order valence-electron chi connectivity index (χ3n) is 6.23. The van der Waals surface area contributed by atoms with Crippen LogP contribution in [-0.2, 0) is 21.2 Å². The number of sulfonamides is 1. The van der Waals surface area contributed by atoms with Crippen molar-refractivity contribution in [1.29, 1.82) is 0 Å². The molecule has 1 N–H and O–H groups in total. The van der Waals surface area contributed by atoms with Gasteiger partial charge in [0, 0.05) is 31.2 Å². The molecule has 1 aromatic carbocycles. The van der Waals surface area contributed by atoms with E-state index < -0.39 is 15.8 Å². The van der Waals surface area contributed by atoms with Crippen molar-refractivity contribution in [2.75, 3.05) is 18.5 Å². The number of rotatable bonds is 5. The van der Waals surface area contributed by atoms with Gasteiger partial charge < -0.3 is 10.1 Å². The van der Waals surface area contributed by atoms with E-state index in [9.17, 15) is 12.8 Å². The number of aryl methyl sites for hydroxylation is 1. The van der Waals surface area contributed by atoms with E-state index in [1.54, 1.807) is 4.31 Å². The molecular formula is C21H25FN4O3S. The van der Waals surface area contributed by atoms with E-state index in [0.29, 0.717) is 31.0 Å². The van der Waals surface area contributed by atoms with Crippen LogP contribution in [0, 0.1) is 12.7 Å². The Morgan fingerprint density at radius 1 is 1.27 bits per heavy atom. The van der Waals surface area contributed by atoms with Gasteiger partial charge in [-0.3, -0.25) is 0 Å². The van der Waals surface area contributed by atoms with E-state index in [2.05, 4.69) is 15.3 Å². The first-order valence-corrected chi connectivity index (χ1v) is 11.9. The predicted octanol–water partition coefficient (Wildman–Crippen LogP) is 2.97. The highest BCUT2D eigenvalue weighted by Crippen LogP contribution is 2.48. The lowest BCUT2D eigenvalue weighted by molar-refractivity contribution is 0.120. The van der Waals surface area contributed by atoms with Crippen molar-refractivity contribution in [1.82, 2.24) is 14.3 Å². The quantitative estimate of drug-likeness (QED) is 0.782. The minimum Gasteiger partial charge on any atom is -0.376 e. The molecule has 3 atom stereocenters. The van der Waals surface area contributed by atoms with Crippen molar-refractivity contribution < 1.29 is 17.5 Å². The monoisotopic (exact) mass is 432 g/mol. The van der Waals surface area contributed by atoms with Crippen molar-refractivity contribution >= 4 is 15.8 Å². The molecule has 2 fully saturated rings. The topological polar surface area (TPSA) is 84.4 Å². The normalized spacial score (nSPS) is 26.0. The SMILES string of the molecule is Cc1nc2c(c(NC[C@@H]3CCCO3)n1)[C@H]1CC[C@@H](C2)N1S(=O)(=O)c1cccc(F)c1. The highest BCUT2D eigenvalue weighted by molar-refractivity contribution is 7.89. The number of fused-ring (bicyclic) bond motifs is 4. The summed E-state index contributed by atoms with van der Waals surface area (Å²) < 4.78 is 47.9. The second kappa shape index (κ2) is 7.55. The Bertz CT molecular complexity index is 1070. The lowest BCUT2D eigenvalue weighted by atomic mass is 10.00. The minimum atomic E-state index is -3.84. The third-order valence-corrected chi connectivity index (χ3v) is 8.19. The molecular weight excluding hydrogens is 407 g/mol. The number of nitrogens with one attached hydrogen (secondary N) is 1. The molecule has 5 rings (SSSR count). The molecule has 4 heterocycles. The molecule has 9 heteroatoms. The molecule has 1 aromatic heterocycles. The van der Waals surface area contributed by atoms with Gasteiger partial charge in [0.05, 0.1) is 22.7 Å². The zero-order valence-electron chi connectivity index (χ0n) is 16.8. The molecule has 0 amide bonds. The predicted molar refractivity (Wildman–Crippen MR) is 109 cm³/mol. The second-order valence-electron chi connectivity index (χ2n) is 8.24. The Morgan fingerprint density at radius 2 is 2.13 bits per heavy atom. The fourth-order valence-electron chi connectivity index (χ4n) is 4.95. The minimum absolute atomic E-state index is 0.00950. The van der Waals surface area contributed by atoms with Gasteiger partial charge in [0.1, 0.15) is 17.5 Å². The van der Waals surface area contributed by atoms with Gasteiger partial charge in [0.2, 0.25) is 10.0 Å². The number of anilines is 1. The van der Waals surface area contributed by atoms with Crippen LogP contribution in [0.5, 0.6) is 0 Å². The van der Waals surface area contributed by atoms with Crippen LogP contribution in [0.3, 0.4) is 0 Å². The molecule has 160 valence electrons. The average Bonchev–Trinajstić information content (AvgIpc) is 3.33. The number of aromatic nitrogens is 2. The molecule has 0 spiro atoms. The van der Waals surface area contributed by atoms with Crippen LogP contribution in [0.4, 0.5) is 10.2 Å². The third kappa shape index (κ3) is 3.38. The number of ether oxygens (including phenoxy) is 1. The van der Waals surface area contributed by atoms with Crippen molar-refractivity contribution in [3.05, 3.63) is 47.2 Å². The fraction of sp³-hybridized carbons (Fsp3) is 0.524. The molecule has 0 saturated carbocycles. The summed E-state index contributed by atoms with van der Waals surface area (Å²) in [5.41, 5.74) is 1.77. The first kappa shape index (κ1) is 19.8. The van der Waals surface area contributed by atoms with E-state index >= 15 is 0 Å². The van der Waals surface area contributed by atoms with E-state index in [4.69, 9.17) is 4.74 Å². The maximum atomic E-state index is 13.7. The van der Waals surface area contributed by atoms with Gasteiger partial charge in [0.15, 0.2) is 0 Å². The highest BCUT2D eigenvalue weighted by atomic mass is 32.2. The maximum Gasteiger partial charge on any atom is 0.244 e. The van der Waals surface area contributed by atoms with E-state index in [-0.39, 0.29) is 23.1 Å². The summed E-state index contributed by atoms with van der Waals surface area (Å²) in [6.45, 7) is 3.27. The fourth-order valence-corrected chi connectivity index (χ4v) is 6.83. The Labute approximate surface area is 175 Å². The van der Waals surface area contributed by atoms with Gasteiger partial charge in [-0.1, -0.05) is 6.07 Å². The molecule has 0 unspecified atom stereocenters. The second-order valence-corrected chi connectivity index (χ2v) is 10.1. The van der Waals surface area contributed by atoms with Gasteiger partial charge in [-0.15, -0.1) is 0 Å². The van der Waals surface area contributed by atoms with Crippen molar-refractivity contribution in [3.8, 4) is 0 Å². The number of hydrogen-bond donors (Lipinski definition) is 1. The number of halogens is 1. The maximum absolute atomic E-state index is 13.7. The largest absolute Gasteiger partial charge is 0.376 e.